The van der Waals surface area contributed by atoms with E-state index in [1.54, 1.807) is 12.5 Å². The van der Waals surface area contributed by atoms with Gasteiger partial charge in [-0.2, -0.15) is 0 Å². The van der Waals surface area contributed by atoms with Crippen LogP contribution in [0.4, 0.5) is 5.69 Å². The molecule has 0 aliphatic heterocycles. The van der Waals surface area contributed by atoms with Crippen molar-refractivity contribution in [3.05, 3.63) is 52.9 Å². The zero-order valence-electron chi connectivity index (χ0n) is 11.3. The quantitative estimate of drug-likeness (QED) is 0.911. The number of nitrogens with zero attached hydrogens (tertiary/aromatic N) is 1. The van der Waals surface area contributed by atoms with Crippen LogP contribution in [0.3, 0.4) is 0 Å². The molecule has 1 heterocycles. The Labute approximate surface area is 119 Å². The maximum absolute atomic E-state index is 6.30. The molecule has 3 nitrogen and oxygen atoms in total. The molecule has 0 saturated carbocycles. The van der Waals surface area contributed by atoms with E-state index in [4.69, 9.17) is 21.8 Å². The van der Waals surface area contributed by atoms with E-state index in [2.05, 4.69) is 11.0 Å². The molecule has 0 fully saturated rings. The summed E-state index contributed by atoms with van der Waals surface area (Å²) in [7, 11) is 2.04. The van der Waals surface area contributed by atoms with Crippen LogP contribution in [0.5, 0.6) is 0 Å². The fourth-order valence-corrected chi connectivity index (χ4v) is 2.42. The third-order valence-corrected chi connectivity index (χ3v) is 3.39. The van der Waals surface area contributed by atoms with Crippen molar-refractivity contribution in [2.75, 3.05) is 11.9 Å². The molecule has 0 saturated heterocycles. The SMILES string of the molecule is CC(N)Cc1c(Cl)cccc1N(C)Cc1ccoc1. The maximum atomic E-state index is 6.30. The van der Waals surface area contributed by atoms with E-state index < -0.39 is 0 Å². The van der Waals surface area contributed by atoms with Gasteiger partial charge in [0.25, 0.3) is 0 Å². The molecule has 0 bridgehead atoms. The topological polar surface area (TPSA) is 42.4 Å². The summed E-state index contributed by atoms with van der Waals surface area (Å²) in [6.07, 6.45) is 4.21. The molecule has 0 amide bonds. The summed E-state index contributed by atoms with van der Waals surface area (Å²) in [5, 5.41) is 0.772. The van der Waals surface area contributed by atoms with Crippen molar-refractivity contribution in [3.8, 4) is 0 Å². The number of anilines is 1. The summed E-state index contributed by atoms with van der Waals surface area (Å²) in [5.74, 6) is 0. The third-order valence-electron chi connectivity index (χ3n) is 3.03. The molecular weight excluding hydrogens is 260 g/mol. The normalized spacial score (nSPS) is 12.4. The number of hydrogen-bond donors (Lipinski definition) is 1. The lowest BCUT2D eigenvalue weighted by Crippen LogP contribution is -2.22. The van der Waals surface area contributed by atoms with Crippen LogP contribution in [0.2, 0.25) is 5.02 Å². The highest BCUT2D eigenvalue weighted by molar-refractivity contribution is 6.31. The monoisotopic (exact) mass is 278 g/mol. The molecule has 0 radical (unpaired) electrons. The Morgan fingerprint density at radius 3 is 2.79 bits per heavy atom. The van der Waals surface area contributed by atoms with E-state index in [0.717, 1.165) is 34.8 Å². The molecule has 1 aromatic carbocycles. The van der Waals surface area contributed by atoms with Gasteiger partial charge in [-0.1, -0.05) is 17.7 Å². The number of nitrogens with two attached hydrogens (primary N) is 1. The molecule has 1 aromatic heterocycles. The number of rotatable bonds is 5. The molecular formula is C15H19ClN2O. The van der Waals surface area contributed by atoms with Gasteiger partial charge in [0.1, 0.15) is 0 Å². The molecule has 0 aliphatic rings. The van der Waals surface area contributed by atoms with Gasteiger partial charge in [-0.25, -0.2) is 0 Å². The Kier molecular flexibility index (Phi) is 4.51. The zero-order chi connectivity index (χ0) is 13.8. The van der Waals surface area contributed by atoms with E-state index in [1.165, 1.54) is 0 Å². The molecule has 0 aliphatic carbocycles. The van der Waals surface area contributed by atoms with E-state index in [1.807, 2.05) is 32.2 Å². The van der Waals surface area contributed by atoms with Gasteiger partial charge in [-0.3, -0.25) is 0 Å². The Bertz CT molecular complexity index is 523. The molecule has 4 heteroatoms. The average Bonchev–Trinajstić information content (AvgIpc) is 2.84. The van der Waals surface area contributed by atoms with E-state index in [-0.39, 0.29) is 6.04 Å². The van der Waals surface area contributed by atoms with Crippen molar-refractivity contribution in [1.82, 2.24) is 0 Å². The highest BCUT2D eigenvalue weighted by atomic mass is 35.5. The first-order valence-electron chi connectivity index (χ1n) is 6.33. The first-order chi connectivity index (χ1) is 9.08. The predicted octanol–water partition coefficient (Wildman–Crippen LogP) is 3.46. The fourth-order valence-electron chi connectivity index (χ4n) is 2.17. The van der Waals surface area contributed by atoms with Crippen LogP contribution in [-0.2, 0) is 13.0 Å². The van der Waals surface area contributed by atoms with Gasteiger partial charge in [-0.05, 0) is 37.1 Å². The van der Waals surface area contributed by atoms with Crippen molar-refractivity contribution >= 4 is 17.3 Å². The minimum absolute atomic E-state index is 0.0842. The summed E-state index contributed by atoms with van der Waals surface area (Å²) in [6.45, 7) is 2.77. The van der Waals surface area contributed by atoms with Crippen molar-refractivity contribution in [1.29, 1.82) is 0 Å². The Hall–Kier alpha value is -1.45. The van der Waals surface area contributed by atoms with Crippen molar-refractivity contribution in [3.63, 3.8) is 0 Å². The zero-order valence-corrected chi connectivity index (χ0v) is 12.0. The highest BCUT2D eigenvalue weighted by Gasteiger charge is 2.13. The highest BCUT2D eigenvalue weighted by Crippen LogP contribution is 2.29. The number of hydrogen-bond acceptors (Lipinski definition) is 3. The lowest BCUT2D eigenvalue weighted by molar-refractivity contribution is 0.563. The molecule has 2 aromatic rings. The van der Waals surface area contributed by atoms with Gasteiger partial charge in [-0.15, -0.1) is 0 Å². The number of benzene rings is 1. The molecule has 19 heavy (non-hydrogen) atoms. The number of furan rings is 1. The Morgan fingerprint density at radius 2 is 2.16 bits per heavy atom. The molecule has 1 atom stereocenters. The van der Waals surface area contributed by atoms with Crippen LogP contribution >= 0.6 is 11.6 Å². The van der Waals surface area contributed by atoms with Crippen LogP contribution in [0.15, 0.2) is 41.2 Å². The second-order valence-corrected chi connectivity index (χ2v) is 5.31. The Morgan fingerprint density at radius 1 is 1.37 bits per heavy atom. The van der Waals surface area contributed by atoms with Gasteiger partial charge in [0, 0.05) is 35.9 Å². The van der Waals surface area contributed by atoms with Crippen molar-refractivity contribution in [2.24, 2.45) is 5.73 Å². The second kappa shape index (κ2) is 6.13. The minimum atomic E-state index is 0.0842. The first kappa shape index (κ1) is 14.0. The predicted molar refractivity (Wildman–Crippen MR) is 79.6 cm³/mol. The second-order valence-electron chi connectivity index (χ2n) is 4.91. The van der Waals surface area contributed by atoms with Crippen LogP contribution in [0, 0.1) is 0 Å². The summed E-state index contributed by atoms with van der Waals surface area (Å²) >= 11 is 6.30. The van der Waals surface area contributed by atoms with Gasteiger partial charge < -0.3 is 15.1 Å². The van der Waals surface area contributed by atoms with Crippen LogP contribution in [0.25, 0.3) is 0 Å². The minimum Gasteiger partial charge on any atom is -0.472 e. The van der Waals surface area contributed by atoms with Gasteiger partial charge in [0.15, 0.2) is 0 Å². The van der Waals surface area contributed by atoms with Crippen LogP contribution in [0.1, 0.15) is 18.1 Å². The van der Waals surface area contributed by atoms with Crippen molar-refractivity contribution in [2.45, 2.75) is 25.9 Å². The third kappa shape index (κ3) is 3.52. The fraction of sp³-hybridized carbons (Fsp3) is 0.333. The standard InChI is InChI=1S/C15H19ClN2O/c1-11(17)8-13-14(16)4-3-5-15(13)18(2)9-12-6-7-19-10-12/h3-7,10-11H,8-9,17H2,1-2H3. The average molecular weight is 279 g/mol. The molecule has 2 rings (SSSR count). The van der Waals surface area contributed by atoms with Gasteiger partial charge in [0.2, 0.25) is 0 Å². The van der Waals surface area contributed by atoms with E-state index in [9.17, 15) is 0 Å². The van der Waals surface area contributed by atoms with Gasteiger partial charge >= 0.3 is 0 Å². The smallest absolute Gasteiger partial charge is 0.0952 e. The number of halogens is 1. The van der Waals surface area contributed by atoms with Crippen LogP contribution < -0.4 is 10.6 Å². The molecule has 102 valence electrons. The van der Waals surface area contributed by atoms with Crippen molar-refractivity contribution < 1.29 is 4.42 Å². The molecule has 1 unspecified atom stereocenters. The van der Waals surface area contributed by atoms with E-state index in [0.29, 0.717) is 0 Å². The first-order valence-corrected chi connectivity index (χ1v) is 6.71. The molecule has 2 N–H and O–H groups in total. The summed E-state index contributed by atoms with van der Waals surface area (Å²) in [4.78, 5) is 2.16. The molecule has 0 spiro atoms. The van der Waals surface area contributed by atoms with Gasteiger partial charge in [0.05, 0.1) is 12.5 Å². The summed E-state index contributed by atoms with van der Waals surface area (Å²) in [5.41, 5.74) is 9.26. The van der Waals surface area contributed by atoms with Crippen LogP contribution in [-0.4, -0.2) is 13.1 Å². The lowest BCUT2D eigenvalue weighted by atomic mass is 10.0. The summed E-state index contributed by atoms with van der Waals surface area (Å²) < 4.78 is 5.10. The largest absolute Gasteiger partial charge is 0.472 e. The van der Waals surface area contributed by atoms with E-state index >= 15 is 0 Å². The maximum Gasteiger partial charge on any atom is 0.0952 e. The summed E-state index contributed by atoms with van der Waals surface area (Å²) in [6, 6.07) is 8.00. The Balaban J connectivity index is 2.25. The lowest BCUT2D eigenvalue weighted by Gasteiger charge is -2.23.